The van der Waals surface area contributed by atoms with Crippen LogP contribution in [0.2, 0.25) is 10.0 Å². The van der Waals surface area contributed by atoms with E-state index in [-0.39, 0.29) is 33.9 Å². The molecule has 0 bridgehead atoms. The van der Waals surface area contributed by atoms with Gasteiger partial charge in [-0.15, -0.1) is 0 Å². The molecule has 0 unspecified atom stereocenters. The minimum Gasteiger partial charge on any atom is -0.508 e. The standard InChI is InChI=1S/C21H16Cl2FNO4/c22-17-9-15(25-11-20(27)28)10-18(23)21(17)29-16-5-6-19(26)13(8-16)7-12-1-3-14(24)4-2-12/h1-6,8-10,25-26H,7,11H2,(H,27,28). The second-order valence-electron chi connectivity index (χ2n) is 6.21. The van der Waals surface area contributed by atoms with Gasteiger partial charge < -0.3 is 20.3 Å². The smallest absolute Gasteiger partial charge is 0.322 e. The van der Waals surface area contributed by atoms with Crippen molar-refractivity contribution in [2.45, 2.75) is 6.42 Å². The predicted molar refractivity (Wildman–Crippen MR) is 110 cm³/mol. The number of phenols is 1. The molecule has 150 valence electrons. The molecule has 0 saturated heterocycles. The lowest BCUT2D eigenvalue weighted by molar-refractivity contribution is -0.134. The van der Waals surface area contributed by atoms with Gasteiger partial charge >= 0.3 is 5.97 Å². The molecule has 0 radical (unpaired) electrons. The monoisotopic (exact) mass is 435 g/mol. The topological polar surface area (TPSA) is 78.8 Å². The number of anilines is 1. The van der Waals surface area contributed by atoms with Crippen LogP contribution < -0.4 is 10.1 Å². The fraction of sp³-hybridized carbons (Fsp3) is 0.0952. The van der Waals surface area contributed by atoms with Crippen molar-refractivity contribution < 1.29 is 24.1 Å². The molecule has 0 heterocycles. The number of rotatable bonds is 7. The number of hydrogen-bond donors (Lipinski definition) is 3. The number of hydrogen-bond acceptors (Lipinski definition) is 4. The number of aliphatic carboxylic acids is 1. The van der Waals surface area contributed by atoms with Gasteiger partial charge in [0, 0.05) is 17.7 Å². The third kappa shape index (κ3) is 5.53. The van der Waals surface area contributed by atoms with Crippen LogP contribution in [-0.4, -0.2) is 22.7 Å². The third-order valence-electron chi connectivity index (χ3n) is 4.02. The number of halogens is 3. The quantitative estimate of drug-likeness (QED) is 0.442. The summed E-state index contributed by atoms with van der Waals surface area (Å²) >= 11 is 12.5. The fourth-order valence-corrected chi connectivity index (χ4v) is 3.21. The number of carbonyl (C=O) groups is 1. The zero-order valence-electron chi connectivity index (χ0n) is 15.0. The number of benzene rings is 3. The molecule has 0 aromatic heterocycles. The van der Waals surface area contributed by atoms with Crippen molar-refractivity contribution in [1.82, 2.24) is 0 Å². The summed E-state index contributed by atoms with van der Waals surface area (Å²) in [6, 6.07) is 13.7. The Morgan fingerprint density at radius 3 is 2.31 bits per heavy atom. The van der Waals surface area contributed by atoms with Gasteiger partial charge in [0.1, 0.15) is 23.9 Å². The van der Waals surface area contributed by atoms with E-state index in [2.05, 4.69) is 5.32 Å². The maximum atomic E-state index is 13.1. The van der Waals surface area contributed by atoms with Crippen LogP contribution in [0.1, 0.15) is 11.1 Å². The van der Waals surface area contributed by atoms with Gasteiger partial charge in [0.2, 0.25) is 0 Å². The molecular weight excluding hydrogens is 420 g/mol. The molecule has 0 aliphatic rings. The molecule has 0 fully saturated rings. The lowest BCUT2D eigenvalue weighted by atomic mass is 10.0. The van der Waals surface area contributed by atoms with Crippen LogP contribution in [0.4, 0.5) is 10.1 Å². The van der Waals surface area contributed by atoms with E-state index in [1.165, 1.54) is 30.3 Å². The Balaban J connectivity index is 1.81. The number of phenolic OH excluding ortho intramolecular Hbond substituents is 1. The van der Waals surface area contributed by atoms with Crippen LogP contribution >= 0.6 is 23.2 Å². The van der Waals surface area contributed by atoms with E-state index in [0.29, 0.717) is 23.4 Å². The molecular formula is C21H16Cl2FNO4. The molecule has 0 aliphatic carbocycles. The molecule has 0 saturated carbocycles. The van der Waals surface area contributed by atoms with Crippen LogP contribution in [-0.2, 0) is 11.2 Å². The Kier molecular flexibility index (Phi) is 6.46. The van der Waals surface area contributed by atoms with Crippen LogP contribution in [0, 0.1) is 5.82 Å². The second-order valence-corrected chi connectivity index (χ2v) is 7.03. The van der Waals surface area contributed by atoms with Crippen molar-refractivity contribution >= 4 is 34.9 Å². The van der Waals surface area contributed by atoms with Gasteiger partial charge in [0.15, 0.2) is 5.75 Å². The molecule has 3 aromatic carbocycles. The van der Waals surface area contributed by atoms with Crippen molar-refractivity contribution in [2.75, 3.05) is 11.9 Å². The van der Waals surface area contributed by atoms with Crippen LogP contribution in [0.5, 0.6) is 17.2 Å². The summed E-state index contributed by atoms with van der Waals surface area (Å²) in [7, 11) is 0. The third-order valence-corrected chi connectivity index (χ3v) is 4.58. The molecule has 5 nitrogen and oxygen atoms in total. The first-order valence-corrected chi connectivity index (χ1v) is 9.26. The van der Waals surface area contributed by atoms with Crippen molar-refractivity contribution in [3.05, 3.63) is 81.6 Å². The van der Waals surface area contributed by atoms with Crippen molar-refractivity contribution in [2.24, 2.45) is 0 Å². The van der Waals surface area contributed by atoms with Crippen LogP contribution in [0.25, 0.3) is 0 Å². The molecule has 29 heavy (non-hydrogen) atoms. The average Bonchev–Trinajstić information content (AvgIpc) is 2.67. The van der Waals surface area contributed by atoms with E-state index >= 15 is 0 Å². The highest BCUT2D eigenvalue weighted by atomic mass is 35.5. The summed E-state index contributed by atoms with van der Waals surface area (Å²) in [6.45, 7) is -0.280. The summed E-state index contributed by atoms with van der Waals surface area (Å²) < 4.78 is 18.9. The van der Waals surface area contributed by atoms with Crippen LogP contribution in [0.15, 0.2) is 54.6 Å². The first-order chi connectivity index (χ1) is 13.8. The zero-order valence-corrected chi connectivity index (χ0v) is 16.5. The van der Waals surface area contributed by atoms with Gasteiger partial charge in [-0.05, 0) is 48.0 Å². The molecule has 3 rings (SSSR count). The maximum Gasteiger partial charge on any atom is 0.322 e. The van der Waals surface area contributed by atoms with E-state index < -0.39 is 5.97 Å². The van der Waals surface area contributed by atoms with Gasteiger partial charge in [-0.3, -0.25) is 4.79 Å². The SMILES string of the molecule is O=C(O)CNc1cc(Cl)c(Oc2ccc(O)c(Cc3ccc(F)cc3)c2)c(Cl)c1. The van der Waals surface area contributed by atoms with E-state index in [9.17, 15) is 14.3 Å². The van der Waals surface area contributed by atoms with Crippen molar-refractivity contribution in [3.8, 4) is 17.2 Å². The number of carboxylic acids is 1. The molecule has 0 amide bonds. The van der Waals surface area contributed by atoms with Crippen molar-refractivity contribution in [1.29, 1.82) is 0 Å². The minimum absolute atomic E-state index is 0.0760. The highest BCUT2D eigenvalue weighted by Gasteiger charge is 2.13. The minimum atomic E-state index is -1.02. The lowest BCUT2D eigenvalue weighted by Gasteiger charge is -2.14. The highest BCUT2D eigenvalue weighted by Crippen LogP contribution is 2.39. The Morgan fingerprint density at radius 2 is 1.69 bits per heavy atom. The molecule has 0 atom stereocenters. The lowest BCUT2D eigenvalue weighted by Crippen LogP contribution is -2.12. The van der Waals surface area contributed by atoms with Gasteiger partial charge in [-0.1, -0.05) is 35.3 Å². The largest absolute Gasteiger partial charge is 0.508 e. The van der Waals surface area contributed by atoms with E-state index in [0.717, 1.165) is 5.56 Å². The first-order valence-electron chi connectivity index (χ1n) is 8.50. The number of ether oxygens (including phenoxy) is 1. The van der Waals surface area contributed by atoms with E-state index in [1.807, 2.05) is 0 Å². The van der Waals surface area contributed by atoms with Crippen LogP contribution in [0.3, 0.4) is 0 Å². The van der Waals surface area contributed by atoms with Gasteiger partial charge in [0.25, 0.3) is 0 Å². The van der Waals surface area contributed by atoms with Gasteiger partial charge in [-0.2, -0.15) is 0 Å². The summed E-state index contributed by atoms with van der Waals surface area (Å²) in [5.41, 5.74) is 1.85. The summed E-state index contributed by atoms with van der Waals surface area (Å²) in [4.78, 5) is 10.7. The zero-order chi connectivity index (χ0) is 21.0. The first kappa shape index (κ1) is 20.8. The maximum absolute atomic E-state index is 13.1. The normalized spacial score (nSPS) is 10.6. The second kappa shape index (κ2) is 9.03. The van der Waals surface area contributed by atoms with Crippen molar-refractivity contribution in [3.63, 3.8) is 0 Å². The summed E-state index contributed by atoms with van der Waals surface area (Å²) in [5.74, 6) is -0.675. The average molecular weight is 436 g/mol. The van der Waals surface area contributed by atoms with E-state index in [4.69, 9.17) is 33.0 Å². The number of aromatic hydroxyl groups is 1. The molecule has 3 aromatic rings. The predicted octanol–water partition coefficient (Wildman–Crippen LogP) is 5.72. The van der Waals surface area contributed by atoms with Gasteiger partial charge in [0.05, 0.1) is 10.0 Å². The number of nitrogens with one attached hydrogen (secondary N) is 1. The summed E-state index contributed by atoms with van der Waals surface area (Å²) in [6.07, 6.45) is 0.378. The molecule has 8 heteroatoms. The Bertz CT molecular complexity index is 1020. The Labute approximate surface area is 176 Å². The van der Waals surface area contributed by atoms with E-state index in [1.54, 1.807) is 24.3 Å². The summed E-state index contributed by atoms with van der Waals surface area (Å²) in [5, 5.41) is 21.9. The molecule has 0 spiro atoms. The highest BCUT2D eigenvalue weighted by molar-refractivity contribution is 6.37. The molecule has 0 aliphatic heterocycles. The van der Waals surface area contributed by atoms with Gasteiger partial charge in [-0.25, -0.2) is 4.39 Å². The number of carboxylic acid groups (broad SMARTS) is 1. The molecule has 3 N–H and O–H groups in total. The Hall–Kier alpha value is -2.96. The fourth-order valence-electron chi connectivity index (χ4n) is 2.64. The Morgan fingerprint density at radius 1 is 1.03 bits per heavy atom.